The number of hydrogen-bond acceptors (Lipinski definition) is 2. The van der Waals surface area contributed by atoms with Crippen LogP contribution < -0.4 is 15.8 Å². The van der Waals surface area contributed by atoms with Crippen molar-refractivity contribution in [2.75, 3.05) is 13.3 Å². The van der Waals surface area contributed by atoms with E-state index in [4.69, 9.17) is 15.9 Å². The van der Waals surface area contributed by atoms with Gasteiger partial charge in [-0.3, -0.25) is 9.80 Å². The topological polar surface area (TPSA) is 71.1 Å². The Hall–Kier alpha value is -1.05. The molecule has 0 radical (unpaired) electrons. The van der Waals surface area contributed by atoms with Crippen molar-refractivity contribution < 1.29 is 9.13 Å². The molecule has 0 heterocycles. The Morgan fingerprint density at radius 1 is 1.53 bits per heavy atom. The predicted molar refractivity (Wildman–Crippen MR) is 74.0 cm³/mol. The Balaban J connectivity index is 2.56. The Morgan fingerprint density at radius 3 is 2.88 bits per heavy atom. The van der Waals surface area contributed by atoms with Gasteiger partial charge in [0.15, 0.2) is 5.96 Å². The standard InChI is InChI=1S/C11H15FIN3O/c12-4-1-5-17-10-3-2-8(6-9(10)13)7-16-11(14)15/h2-3,6H,1,4-5,7H2,(H4,14,15,16)/i12-1. The summed E-state index contributed by atoms with van der Waals surface area (Å²) in [6.45, 7) is 0.533. The summed E-state index contributed by atoms with van der Waals surface area (Å²) < 4.78 is 18.3. The van der Waals surface area contributed by atoms with E-state index in [-0.39, 0.29) is 12.6 Å². The zero-order chi connectivity index (χ0) is 12.7. The average molecular weight is 350 g/mol. The Bertz CT molecular complexity index is 387. The van der Waals surface area contributed by atoms with E-state index in [1.165, 1.54) is 0 Å². The molecule has 6 heteroatoms. The molecule has 0 aliphatic carbocycles. The van der Waals surface area contributed by atoms with Gasteiger partial charge in [-0.1, -0.05) is 6.07 Å². The smallest absolute Gasteiger partial charge is 0.185 e. The summed E-state index contributed by atoms with van der Waals surface area (Å²) in [7, 11) is 0. The van der Waals surface area contributed by atoms with E-state index >= 15 is 0 Å². The van der Waals surface area contributed by atoms with E-state index < -0.39 is 0 Å². The van der Waals surface area contributed by atoms with Crippen LogP contribution >= 0.6 is 22.6 Å². The Morgan fingerprint density at radius 2 is 2.29 bits per heavy atom. The predicted octanol–water partition coefficient (Wildman–Crippen LogP) is 2.01. The third-order valence-corrected chi connectivity index (χ3v) is 2.86. The Kier molecular flexibility index (Phi) is 6.03. The SMILES string of the molecule is N=C(N)NCc1ccc(OCCC[18F])c(I)c1. The van der Waals surface area contributed by atoms with Crippen molar-refractivity contribution in [3.8, 4) is 5.75 Å². The molecule has 0 aromatic heterocycles. The first-order valence-corrected chi connectivity index (χ1v) is 6.26. The minimum absolute atomic E-state index is 0.0525. The van der Waals surface area contributed by atoms with Crippen LogP contribution in [0, 0.1) is 8.98 Å². The molecule has 4 N–H and O–H groups in total. The fraction of sp³-hybridized carbons (Fsp3) is 0.364. The van der Waals surface area contributed by atoms with Crippen LogP contribution in [0.1, 0.15) is 12.0 Å². The van der Waals surface area contributed by atoms with Crippen molar-refractivity contribution in [1.82, 2.24) is 5.32 Å². The first kappa shape index (κ1) is 14.0. The molecule has 0 fully saturated rings. The second kappa shape index (κ2) is 7.31. The van der Waals surface area contributed by atoms with Gasteiger partial charge in [0.05, 0.1) is 16.9 Å². The van der Waals surface area contributed by atoms with Gasteiger partial charge in [0.25, 0.3) is 0 Å². The molecule has 0 unspecified atom stereocenters. The lowest BCUT2D eigenvalue weighted by atomic mass is 10.2. The number of ether oxygens (including phenoxy) is 1. The molecule has 17 heavy (non-hydrogen) atoms. The summed E-state index contributed by atoms with van der Waals surface area (Å²) in [6, 6.07) is 5.68. The summed E-state index contributed by atoms with van der Waals surface area (Å²) in [5, 5.41) is 9.78. The zero-order valence-corrected chi connectivity index (χ0v) is 11.5. The number of nitrogens with two attached hydrogens (primary N) is 1. The van der Waals surface area contributed by atoms with Gasteiger partial charge >= 0.3 is 0 Å². The lowest BCUT2D eigenvalue weighted by Crippen LogP contribution is -2.29. The quantitative estimate of drug-likeness (QED) is 0.318. The van der Waals surface area contributed by atoms with Crippen molar-refractivity contribution in [2.45, 2.75) is 13.0 Å². The van der Waals surface area contributed by atoms with E-state index in [0.29, 0.717) is 19.6 Å². The summed E-state index contributed by atoms with van der Waals surface area (Å²) in [5.74, 6) is 0.703. The molecule has 0 bridgehead atoms. The highest BCUT2D eigenvalue weighted by atomic mass is 127. The van der Waals surface area contributed by atoms with Crippen LogP contribution in [0.2, 0.25) is 0 Å². The molecular formula is C11H15FIN3O. The van der Waals surface area contributed by atoms with Gasteiger partial charge in [0, 0.05) is 13.0 Å². The highest BCUT2D eigenvalue weighted by Crippen LogP contribution is 2.22. The number of hydrogen-bond donors (Lipinski definition) is 3. The van der Waals surface area contributed by atoms with Crippen LogP contribution in [0.15, 0.2) is 18.2 Å². The summed E-state index contributed by atoms with van der Waals surface area (Å²) in [5.41, 5.74) is 6.22. The van der Waals surface area contributed by atoms with E-state index in [2.05, 4.69) is 27.9 Å². The highest BCUT2D eigenvalue weighted by Gasteiger charge is 2.02. The van der Waals surface area contributed by atoms with Crippen LogP contribution in [0.4, 0.5) is 4.39 Å². The van der Waals surface area contributed by atoms with Gasteiger partial charge in [0.2, 0.25) is 0 Å². The van der Waals surface area contributed by atoms with Crippen molar-refractivity contribution in [2.24, 2.45) is 5.73 Å². The lowest BCUT2D eigenvalue weighted by Gasteiger charge is -2.09. The summed E-state index contributed by atoms with van der Waals surface area (Å²) in [4.78, 5) is 0. The first-order valence-electron chi connectivity index (χ1n) is 5.18. The van der Waals surface area contributed by atoms with Crippen LogP contribution in [-0.2, 0) is 6.54 Å². The van der Waals surface area contributed by atoms with Crippen LogP contribution in [0.25, 0.3) is 0 Å². The minimum Gasteiger partial charge on any atom is -0.492 e. The molecule has 94 valence electrons. The number of benzene rings is 1. The van der Waals surface area contributed by atoms with Gasteiger partial charge in [-0.25, -0.2) is 0 Å². The fourth-order valence-electron chi connectivity index (χ4n) is 1.21. The molecule has 0 aliphatic rings. The summed E-state index contributed by atoms with van der Waals surface area (Å²) >= 11 is 2.16. The second-order valence-corrected chi connectivity index (χ2v) is 4.59. The van der Waals surface area contributed by atoms with Crippen LogP contribution in [0.3, 0.4) is 0 Å². The molecule has 1 aromatic rings. The minimum atomic E-state index is -0.364. The van der Waals surface area contributed by atoms with Crippen LogP contribution in [0.5, 0.6) is 5.75 Å². The maximum absolute atomic E-state index is 11.9. The molecule has 0 atom stereocenters. The first-order chi connectivity index (χ1) is 8.13. The van der Waals surface area contributed by atoms with Gasteiger partial charge in [0.1, 0.15) is 5.75 Å². The lowest BCUT2D eigenvalue weighted by molar-refractivity contribution is 0.288. The molecule has 0 saturated carbocycles. The molecular weight excluding hydrogens is 335 g/mol. The van der Waals surface area contributed by atoms with E-state index in [9.17, 15) is 4.39 Å². The third-order valence-electron chi connectivity index (χ3n) is 2.01. The number of rotatable bonds is 6. The van der Waals surface area contributed by atoms with Crippen molar-refractivity contribution in [1.29, 1.82) is 5.41 Å². The third kappa shape index (κ3) is 5.20. The number of nitrogens with one attached hydrogen (secondary N) is 2. The van der Waals surface area contributed by atoms with Gasteiger partial charge in [-0.2, -0.15) is 0 Å². The molecule has 0 saturated heterocycles. The monoisotopic (exact) mass is 350 g/mol. The van der Waals surface area contributed by atoms with Crippen molar-refractivity contribution in [3.05, 3.63) is 27.3 Å². The molecule has 4 nitrogen and oxygen atoms in total. The Labute approximate surface area is 113 Å². The van der Waals surface area contributed by atoms with Gasteiger partial charge in [-0.05, 0) is 40.3 Å². The molecule has 0 spiro atoms. The van der Waals surface area contributed by atoms with Crippen molar-refractivity contribution >= 4 is 28.6 Å². The fourth-order valence-corrected chi connectivity index (χ4v) is 1.94. The number of halogens is 2. The van der Waals surface area contributed by atoms with Crippen LogP contribution in [-0.4, -0.2) is 19.2 Å². The average Bonchev–Trinajstić information content (AvgIpc) is 2.29. The molecule has 1 aromatic carbocycles. The van der Waals surface area contributed by atoms with E-state index in [0.717, 1.165) is 14.9 Å². The molecule has 0 aliphatic heterocycles. The maximum Gasteiger partial charge on any atom is 0.185 e. The molecule has 0 amide bonds. The summed E-state index contributed by atoms with van der Waals surface area (Å²) in [6.07, 6.45) is 0.406. The zero-order valence-electron chi connectivity index (χ0n) is 9.30. The van der Waals surface area contributed by atoms with Gasteiger partial charge in [-0.15, -0.1) is 0 Å². The highest BCUT2D eigenvalue weighted by molar-refractivity contribution is 14.1. The van der Waals surface area contributed by atoms with E-state index in [1.54, 1.807) is 0 Å². The number of alkyl halides is 1. The number of guanidine groups is 1. The maximum atomic E-state index is 11.9. The largest absolute Gasteiger partial charge is 0.492 e. The van der Waals surface area contributed by atoms with E-state index in [1.807, 2.05) is 18.2 Å². The van der Waals surface area contributed by atoms with Crippen molar-refractivity contribution in [3.63, 3.8) is 0 Å². The second-order valence-electron chi connectivity index (χ2n) is 3.42. The molecule has 1 rings (SSSR count). The normalized spacial score (nSPS) is 10.0. The van der Waals surface area contributed by atoms with Gasteiger partial charge < -0.3 is 15.8 Å².